The molecule has 3 heteroatoms. The molecule has 0 aromatic heterocycles. The molecule has 0 fully saturated rings. The summed E-state index contributed by atoms with van der Waals surface area (Å²) in [7, 11) is 1.88. The third kappa shape index (κ3) is 1.35. The second kappa shape index (κ2) is 3.33. The lowest BCUT2D eigenvalue weighted by atomic mass is 9.76. The summed E-state index contributed by atoms with van der Waals surface area (Å²) < 4.78 is 0. The van der Waals surface area contributed by atoms with Gasteiger partial charge in [-0.2, -0.15) is 0 Å². The molecule has 0 unspecified atom stereocenters. The minimum Gasteiger partial charge on any atom is -0.388 e. The van der Waals surface area contributed by atoms with Crippen LogP contribution in [-0.4, -0.2) is 13.0 Å². The van der Waals surface area contributed by atoms with Crippen LogP contribution in [0.25, 0.3) is 0 Å². The van der Waals surface area contributed by atoms with E-state index in [2.05, 4.69) is 16.7 Å². The molecular weight excluding hydrogens is 176 g/mol. The van der Waals surface area contributed by atoms with Gasteiger partial charge in [0.25, 0.3) is 0 Å². The highest BCUT2D eigenvalue weighted by atomic mass is 16.2. The van der Waals surface area contributed by atoms with E-state index in [1.54, 1.807) is 6.20 Å². The minimum absolute atomic E-state index is 0.0997. The Morgan fingerprint density at radius 1 is 1.50 bits per heavy atom. The molecule has 1 spiro atoms. The van der Waals surface area contributed by atoms with Gasteiger partial charge in [-0.05, 0) is 25.1 Å². The highest BCUT2D eigenvalue weighted by Gasteiger charge is 2.36. The maximum Gasteiger partial charge on any atom is 0.234 e. The number of carbonyl (C=O) groups is 1. The first-order chi connectivity index (χ1) is 6.77. The van der Waals surface area contributed by atoms with Gasteiger partial charge in [0.15, 0.2) is 0 Å². The predicted octanol–water partition coefficient (Wildman–Crippen LogP) is 1.07. The van der Waals surface area contributed by atoms with Crippen molar-refractivity contribution >= 4 is 5.91 Å². The Morgan fingerprint density at radius 3 is 2.93 bits per heavy atom. The number of hydrogen-bond acceptors (Lipinski definition) is 2. The molecule has 0 bridgehead atoms. The van der Waals surface area contributed by atoms with E-state index in [4.69, 9.17) is 0 Å². The molecule has 0 aromatic carbocycles. The third-order valence-electron chi connectivity index (χ3n) is 2.82. The van der Waals surface area contributed by atoms with Crippen molar-refractivity contribution in [2.75, 3.05) is 7.05 Å². The Bertz CT molecular complexity index is 341. The first-order valence-corrected chi connectivity index (χ1v) is 4.80. The SMILES string of the molecule is CNC1=CC[C@@]2(C=C1)CC=CNC2=O. The van der Waals surface area contributed by atoms with Gasteiger partial charge >= 0.3 is 0 Å². The van der Waals surface area contributed by atoms with Gasteiger partial charge < -0.3 is 10.6 Å². The van der Waals surface area contributed by atoms with E-state index < -0.39 is 0 Å². The Balaban J connectivity index is 2.21. The van der Waals surface area contributed by atoms with Crippen molar-refractivity contribution < 1.29 is 4.79 Å². The van der Waals surface area contributed by atoms with Crippen LogP contribution in [0.1, 0.15) is 12.8 Å². The number of rotatable bonds is 1. The minimum atomic E-state index is -0.338. The lowest BCUT2D eigenvalue weighted by molar-refractivity contribution is -0.127. The molecule has 74 valence electrons. The van der Waals surface area contributed by atoms with E-state index in [-0.39, 0.29) is 11.3 Å². The van der Waals surface area contributed by atoms with Crippen LogP contribution in [0.5, 0.6) is 0 Å². The first kappa shape index (κ1) is 9.06. The quantitative estimate of drug-likeness (QED) is 0.649. The zero-order valence-electron chi connectivity index (χ0n) is 8.21. The molecule has 3 nitrogen and oxygen atoms in total. The van der Waals surface area contributed by atoms with Crippen molar-refractivity contribution in [3.63, 3.8) is 0 Å². The molecule has 1 atom stereocenters. The van der Waals surface area contributed by atoms with Crippen molar-refractivity contribution in [1.29, 1.82) is 0 Å². The summed E-state index contributed by atoms with van der Waals surface area (Å²) in [5.41, 5.74) is 0.743. The molecule has 1 aliphatic heterocycles. The van der Waals surface area contributed by atoms with Crippen molar-refractivity contribution in [3.05, 3.63) is 36.2 Å². The van der Waals surface area contributed by atoms with Crippen LogP contribution in [0.4, 0.5) is 0 Å². The summed E-state index contributed by atoms with van der Waals surface area (Å²) in [6.45, 7) is 0. The molecular formula is C11H14N2O. The summed E-state index contributed by atoms with van der Waals surface area (Å²) in [5, 5.41) is 5.82. The Morgan fingerprint density at radius 2 is 2.36 bits per heavy atom. The number of amides is 1. The zero-order chi connectivity index (χ0) is 10.0. The second-order valence-electron chi connectivity index (χ2n) is 3.68. The van der Waals surface area contributed by atoms with Crippen LogP contribution in [0, 0.1) is 5.41 Å². The summed E-state index contributed by atoms with van der Waals surface area (Å²) in [4.78, 5) is 11.7. The van der Waals surface area contributed by atoms with Gasteiger partial charge in [0, 0.05) is 12.7 Å². The molecule has 1 heterocycles. The van der Waals surface area contributed by atoms with Crippen LogP contribution in [0.15, 0.2) is 36.2 Å². The fourth-order valence-corrected chi connectivity index (χ4v) is 1.82. The van der Waals surface area contributed by atoms with Crippen molar-refractivity contribution in [3.8, 4) is 0 Å². The highest BCUT2D eigenvalue weighted by molar-refractivity contribution is 5.87. The Hall–Kier alpha value is -1.51. The number of allylic oxidation sites excluding steroid dienone is 3. The van der Waals surface area contributed by atoms with E-state index in [1.165, 1.54) is 0 Å². The van der Waals surface area contributed by atoms with Gasteiger partial charge in [-0.3, -0.25) is 4.79 Å². The van der Waals surface area contributed by atoms with Crippen LogP contribution in [0.2, 0.25) is 0 Å². The Kier molecular flexibility index (Phi) is 2.15. The molecule has 2 rings (SSSR count). The largest absolute Gasteiger partial charge is 0.388 e. The van der Waals surface area contributed by atoms with Gasteiger partial charge in [-0.15, -0.1) is 0 Å². The molecule has 1 amide bonds. The smallest absolute Gasteiger partial charge is 0.234 e. The molecule has 1 aliphatic carbocycles. The first-order valence-electron chi connectivity index (χ1n) is 4.80. The zero-order valence-corrected chi connectivity index (χ0v) is 8.21. The second-order valence-corrected chi connectivity index (χ2v) is 3.68. The lowest BCUT2D eigenvalue weighted by Gasteiger charge is -2.31. The van der Waals surface area contributed by atoms with E-state index in [1.807, 2.05) is 25.3 Å². The third-order valence-corrected chi connectivity index (χ3v) is 2.82. The summed E-state index contributed by atoms with van der Waals surface area (Å²) >= 11 is 0. The van der Waals surface area contributed by atoms with Gasteiger partial charge in [-0.1, -0.05) is 18.2 Å². The summed E-state index contributed by atoms with van der Waals surface area (Å²) in [6, 6.07) is 0. The lowest BCUT2D eigenvalue weighted by Crippen LogP contribution is -2.40. The number of carbonyl (C=O) groups excluding carboxylic acids is 1. The summed E-state index contributed by atoms with van der Waals surface area (Å²) in [6.07, 6.45) is 11.3. The van der Waals surface area contributed by atoms with Crippen LogP contribution in [0.3, 0.4) is 0 Å². The average Bonchev–Trinajstić information content (AvgIpc) is 2.24. The number of hydrogen-bond donors (Lipinski definition) is 2. The fourth-order valence-electron chi connectivity index (χ4n) is 1.82. The van der Waals surface area contributed by atoms with Crippen LogP contribution >= 0.6 is 0 Å². The predicted molar refractivity (Wildman–Crippen MR) is 55.2 cm³/mol. The van der Waals surface area contributed by atoms with Gasteiger partial charge in [0.1, 0.15) is 0 Å². The topological polar surface area (TPSA) is 41.1 Å². The average molecular weight is 190 g/mol. The van der Waals surface area contributed by atoms with Gasteiger partial charge in [0.05, 0.1) is 5.41 Å². The van der Waals surface area contributed by atoms with E-state index in [9.17, 15) is 4.79 Å². The molecule has 0 saturated carbocycles. The Labute approximate surface area is 83.6 Å². The van der Waals surface area contributed by atoms with Crippen LogP contribution in [-0.2, 0) is 4.79 Å². The van der Waals surface area contributed by atoms with Gasteiger partial charge in [0.2, 0.25) is 5.91 Å². The molecule has 0 radical (unpaired) electrons. The maximum atomic E-state index is 11.7. The summed E-state index contributed by atoms with van der Waals surface area (Å²) in [5.74, 6) is 0.0997. The monoisotopic (exact) mass is 190 g/mol. The molecule has 2 aliphatic rings. The number of nitrogens with one attached hydrogen (secondary N) is 2. The van der Waals surface area contributed by atoms with Gasteiger partial charge in [-0.25, -0.2) is 0 Å². The normalized spacial score (nSPS) is 30.1. The number of likely N-dealkylation sites (N-methyl/N-ethyl adjacent to an activating group) is 1. The van der Waals surface area contributed by atoms with Crippen molar-refractivity contribution in [2.45, 2.75) is 12.8 Å². The molecule has 0 saturated heterocycles. The van der Waals surface area contributed by atoms with E-state index >= 15 is 0 Å². The van der Waals surface area contributed by atoms with E-state index in [0.717, 1.165) is 18.5 Å². The van der Waals surface area contributed by atoms with Crippen molar-refractivity contribution in [1.82, 2.24) is 10.6 Å². The standard InChI is InChI=1S/C11H14N2O/c1-12-9-3-6-11(7-4-9)5-2-8-13-10(11)14/h2-4,6,8,12H,5,7H2,1H3,(H,13,14)/t11-/m0/s1. The van der Waals surface area contributed by atoms with E-state index in [0.29, 0.717) is 0 Å². The fraction of sp³-hybridized carbons (Fsp3) is 0.364. The molecule has 2 N–H and O–H groups in total. The maximum absolute atomic E-state index is 11.7. The highest BCUT2D eigenvalue weighted by Crippen LogP contribution is 2.35. The van der Waals surface area contributed by atoms with Crippen molar-refractivity contribution in [2.24, 2.45) is 5.41 Å². The molecule has 14 heavy (non-hydrogen) atoms. The molecule has 0 aromatic rings. The van der Waals surface area contributed by atoms with Crippen LogP contribution < -0.4 is 10.6 Å².